The number of halogens is 1. The molecule has 2 aromatic carbocycles. The molecule has 2 aliphatic heterocycles. The molecule has 8 heteroatoms. The first kappa shape index (κ1) is 20.2. The number of aryl methyl sites for hydroxylation is 1. The maximum Gasteiger partial charge on any atom is 0.240 e. The van der Waals surface area contributed by atoms with Crippen LogP contribution in [-0.4, -0.2) is 56.1 Å². The summed E-state index contributed by atoms with van der Waals surface area (Å²) in [6, 6.07) is 11.4. The third kappa shape index (κ3) is 5.30. The van der Waals surface area contributed by atoms with E-state index in [0.717, 1.165) is 24.7 Å². The predicted molar refractivity (Wildman–Crippen MR) is 123 cm³/mol. The third-order valence-corrected chi connectivity index (χ3v) is 6.82. The van der Waals surface area contributed by atoms with Crippen molar-refractivity contribution in [3.05, 3.63) is 65.0 Å². The molecule has 0 saturated carbocycles. The number of piperidine rings is 1. The quantitative estimate of drug-likeness (QED) is 0.715. The number of carbonyl (C=O) groups is 1. The number of likely N-dealkylation sites (tertiary alicyclic amines) is 2. The SMILES string of the molecule is [2H]C([2H])(c1ccc(C)cc1F)N1CC[C@@H](N2CCC(c3ccc(NS(C)(=O)=O)cc3)CC2)C1=O. The number of amides is 1. The minimum atomic E-state index is -3.31. The van der Waals surface area contributed by atoms with Crippen molar-refractivity contribution >= 4 is 21.6 Å². The van der Waals surface area contributed by atoms with E-state index in [4.69, 9.17) is 2.74 Å². The van der Waals surface area contributed by atoms with Crippen LogP contribution in [0.4, 0.5) is 10.1 Å². The molecular weight excluding hydrogens is 429 g/mol. The van der Waals surface area contributed by atoms with Gasteiger partial charge in [-0.05, 0) is 74.5 Å². The van der Waals surface area contributed by atoms with Gasteiger partial charge in [0.2, 0.25) is 15.9 Å². The third-order valence-electron chi connectivity index (χ3n) is 6.21. The molecule has 2 heterocycles. The molecule has 2 aliphatic rings. The Bertz CT molecular complexity index is 1170. The second kappa shape index (κ2) is 9.19. The summed E-state index contributed by atoms with van der Waals surface area (Å²) in [5, 5.41) is 0. The molecule has 172 valence electrons. The van der Waals surface area contributed by atoms with Gasteiger partial charge in [0.25, 0.3) is 0 Å². The molecule has 0 aromatic heterocycles. The Morgan fingerprint density at radius 1 is 1.09 bits per heavy atom. The lowest BCUT2D eigenvalue weighted by atomic mass is 9.88. The Morgan fingerprint density at radius 3 is 2.41 bits per heavy atom. The van der Waals surface area contributed by atoms with Gasteiger partial charge >= 0.3 is 0 Å². The molecule has 1 amide bonds. The summed E-state index contributed by atoms with van der Waals surface area (Å²) in [6.07, 6.45) is 3.33. The first-order valence-electron chi connectivity index (χ1n) is 11.9. The van der Waals surface area contributed by atoms with Crippen LogP contribution in [0.5, 0.6) is 0 Å². The van der Waals surface area contributed by atoms with Gasteiger partial charge < -0.3 is 4.90 Å². The molecule has 1 N–H and O–H groups in total. The van der Waals surface area contributed by atoms with Crippen LogP contribution in [0.15, 0.2) is 42.5 Å². The Kier molecular flexibility index (Phi) is 5.80. The zero-order valence-electron chi connectivity index (χ0n) is 20.3. The van der Waals surface area contributed by atoms with Gasteiger partial charge in [0.1, 0.15) is 5.82 Å². The lowest BCUT2D eigenvalue weighted by molar-refractivity contribution is -0.133. The van der Waals surface area contributed by atoms with E-state index in [1.165, 1.54) is 17.0 Å². The molecule has 1 atom stereocenters. The number of hydrogen-bond donors (Lipinski definition) is 1. The molecule has 0 aliphatic carbocycles. The minimum Gasteiger partial charge on any atom is -0.337 e. The number of hydrogen-bond acceptors (Lipinski definition) is 4. The first-order chi connectivity index (χ1) is 16.0. The maximum atomic E-state index is 14.5. The van der Waals surface area contributed by atoms with E-state index in [1.54, 1.807) is 25.1 Å². The second-order valence-electron chi connectivity index (χ2n) is 8.70. The fourth-order valence-electron chi connectivity index (χ4n) is 4.55. The molecule has 0 bridgehead atoms. The molecule has 2 saturated heterocycles. The minimum absolute atomic E-state index is 0.111. The lowest BCUT2D eigenvalue weighted by Crippen LogP contribution is -2.45. The molecular formula is C24H30FN3O3S. The van der Waals surface area contributed by atoms with Gasteiger partial charge in [-0.1, -0.05) is 24.3 Å². The summed E-state index contributed by atoms with van der Waals surface area (Å²) in [4.78, 5) is 16.5. The number of benzene rings is 2. The highest BCUT2D eigenvalue weighted by Gasteiger charge is 2.37. The molecule has 4 rings (SSSR count). The van der Waals surface area contributed by atoms with Crippen LogP contribution in [0.1, 0.15) is 44.6 Å². The number of carbonyl (C=O) groups excluding carboxylic acids is 1. The molecule has 0 spiro atoms. The summed E-state index contributed by atoms with van der Waals surface area (Å²) < 4.78 is 56.7. The topological polar surface area (TPSA) is 69.7 Å². The molecule has 2 fully saturated rings. The van der Waals surface area contributed by atoms with Gasteiger partial charge in [-0.2, -0.15) is 0 Å². The van der Waals surface area contributed by atoms with Crippen LogP contribution in [0.3, 0.4) is 0 Å². The average molecular weight is 462 g/mol. The number of nitrogens with zero attached hydrogens (tertiary/aromatic N) is 2. The van der Waals surface area contributed by atoms with E-state index < -0.39 is 28.4 Å². The highest BCUT2D eigenvalue weighted by atomic mass is 32.2. The average Bonchev–Trinajstić information content (AvgIpc) is 3.15. The van der Waals surface area contributed by atoms with Crippen LogP contribution < -0.4 is 4.72 Å². The highest BCUT2D eigenvalue weighted by molar-refractivity contribution is 7.92. The van der Waals surface area contributed by atoms with Crippen molar-refractivity contribution in [1.29, 1.82) is 0 Å². The zero-order chi connectivity index (χ0) is 24.7. The van der Waals surface area contributed by atoms with Crippen LogP contribution in [0.25, 0.3) is 0 Å². The van der Waals surface area contributed by atoms with Gasteiger partial charge in [0.15, 0.2) is 0 Å². The van der Waals surface area contributed by atoms with Crippen molar-refractivity contribution in [2.75, 3.05) is 30.6 Å². The zero-order valence-corrected chi connectivity index (χ0v) is 19.2. The molecule has 0 radical (unpaired) electrons. The van der Waals surface area contributed by atoms with Crippen LogP contribution >= 0.6 is 0 Å². The summed E-state index contributed by atoms with van der Waals surface area (Å²) in [7, 11) is -3.31. The summed E-state index contributed by atoms with van der Waals surface area (Å²) in [6.45, 7) is 1.20. The Balaban J connectivity index is 1.38. The number of sulfonamides is 1. The molecule has 2 aromatic rings. The molecule has 6 nitrogen and oxygen atoms in total. The lowest BCUT2D eigenvalue weighted by Gasteiger charge is -2.35. The van der Waals surface area contributed by atoms with E-state index in [0.29, 0.717) is 36.7 Å². The van der Waals surface area contributed by atoms with Crippen molar-refractivity contribution in [3.8, 4) is 0 Å². The standard InChI is InChI=1S/C24H30FN3O3S/c1-17-3-4-20(22(25)15-17)16-28-14-11-23(24(28)29)27-12-9-19(10-13-27)18-5-7-21(8-6-18)26-32(2,30)31/h3-8,15,19,23,26H,9-14,16H2,1-2H3/t23-/m1/s1/i16D2. The smallest absolute Gasteiger partial charge is 0.240 e. The highest BCUT2D eigenvalue weighted by Crippen LogP contribution is 2.32. The van der Waals surface area contributed by atoms with Gasteiger partial charge in [0, 0.05) is 24.3 Å². The van der Waals surface area contributed by atoms with E-state index in [-0.39, 0.29) is 18.0 Å². The van der Waals surface area contributed by atoms with Gasteiger partial charge in [-0.25, -0.2) is 12.8 Å². The van der Waals surface area contributed by atoms with Crippen molar-refractivity contribution in [1.82, 2.24) is 9.80 Å². The van der Waals surface area contributed by atoms with Gasteiger partial charge in [-0.3, -0.25) is 14.4 Å². The van der Waals surface area contributed by atoms with Crippen LogP contribution in [0, 0.1) is 12.7 Å². The first-order valence-corrected chi connectivity index (χ1v) is 12.7. The molecule has 0 unspecified atom stereocenters. The van der Waals surface area contributed by atoms with Crippen molar-refractivity contribution in [2.24, 2.45) is 0 Å². The Hall–Kier alpha value is -2.45. The van der Waals surface area contributed by atoms with Gasteiger partial charge in [-0.15, -0.1) is 0 Å². The van der Waals surface area contributed by atoms with Crippen LogP contribution in [-0.2, 0) is 21.3 Å². The number of anilines is 1. The van der Waals surface area contributed by atoms with E-state index in [9.17, 15) is 17.6 Å². The van der Waals surface area contributed by atoms with Crippen molar-refractivity contribution in [2.45, 2.75) is 44.6 Å². The van der Waals surface area contributed by atoms with Crippen LogP contribution in [0.2, 0.25) is 0 Å². The Morgan fingerprint density at radius 2 is 1.78 bits per heavy atom. The van der Waals surface area contributed by atoms with E-state index in [1.807, 2.05) is 12.1 Å². The van der Waals surface area contributed by atoms with Gasteiger partial charge in [0.05, 0.1) is 15.0 Å². The summed E-state index contributed by atoms with van der Waals surface area (Å²) in [5.41, 5.74) is 2.25. The normalized spacial score (nSPS) is 22.0. The maximum absolute atomic E-state index is 14.5. The number of rotatable bonds is 6. The summed E-state index contributed by atoms with van der Waals surface area (Å²) in [5.74, 6) is -0.622. The largest absolute Gasteiger partial charge is 0.337 e. The van der Waals surface area contributed by atoms with E-state index >= 15 is 0 Å². The summed E-state index contributed by atoms with van der Waals surface area (Å²) >= 11 is 0. The van der Waals surface area contributed by atoms with E-state index in [2.05, 4.69) is 9.62 Å². The monoisotopic (exact) mass is 461 g/mol. The second-order valence-corrected chi connectivity index (χ2v) is 10.4. The molecule has 32 heavy (non-hydrogen) atoms. The number of nitrogens with one attached hydrogen (secondary N) is 1. The fourth-order valence-corrected chi connectivity index (χ4v) is 5.12. The van der Waals surface area contributed by atoms with Crippen molar-refractivity contribution in [3.63, 3.8) is 0 Å². The predicted octanol–water partition coefficient (Wildman–Crippen LogP) is 3.49. The fraction of sp³-hybridized carbons (Fsp3) is 0.458. The van der Waals surface area contributed by atoms with Crippen molar-refractivity contribution < 1.29 is 20.3 Å². The Labute approximate surface area is 192 Å².